The summed E-state index contributed by atoms with van der Waals surface area (Å²) in [6.07, 6.45) is -1.22. The topological polar surface area (TPSA) is 75.6 Å². The van der Waals surface area contributed by atoms with Crippen LogP contribution in [0.5, 0.6) is 0 Å². The minimum absolute atomic E-state index is 0.108. The van der Waals surface area contributed by atoms with Crippen LogP contribution in [0.15, 0.2) is 78.9 Å². The fraction of sp³-hybridized carbons (Fsp3) is 0.167. The molecule has 1 aliphatic carbocycles. The fourth-order valence-corrected chi connectivity index (χ4v) is 3.89. The van der Waals surface area contributed by atoms with Crippen molar-refractivity contribution in [2.75, 3.05) is 6.61 Å². The summed E-state index contributed by atoms with van der Waals surface area (Å²) in [7, 11) is 0. The molecule has 0 fully saturated rings. The van der Waals surface area contributed by atoms with Crippen molar-refractivity contribution in [2.24, 2.45) is 0 Å². The molecule has 5 nitrogen and oxygen atoms in total. The van der Waals surface area contributed by atoms with Crippen LogP contribution in [0.3, 0.4) is 0 Å². The van der Waals surface area contributed by atoms with E-state index >= 15 is 0 Å². The Bertz CT molecular complexity index is 1070. The Morgan fingerprint density at radius 2 is 1.42 bits per heavy atom. The molecule has 0 aromatic heterocycles. The van der Waals surface area contributed by atoms with Crippen LogP contribution in [-0.4, -0.2) is 29.8 Å². The number of carbonyl (C=O) groups excluding carboxylic acids is 1. The lowest BCUT2D eigenvalue weighted by atomic mass is 9.98. The van der Waals surface area contributed by atoms with Crippen LogP contribution in [0.4, 0.5) is 13.6 Å². The number of ether oxygens (including phenoxy) is 1. The highest BCUT2D eigenvalue weighted by Gasteiger charge is 2.47. The number of carbonyl (C=O) groups is 2. The van der Waals surface area contributed by atoms with Crippen molar-refractivity contribution in [3.8, 4) is 11.1 Å². The first kappa shape index (κ1) is 20.5. The monoisotopic (exact) mass is 423 g/mol. The minimum atomic E-state index is -3.82. The summed E-state index contributed by atoms with van der Waals surface area (Å²) in [5.41, 5.74) is 3.44. The van der Waals surface area contributed by atoms with Gasteiger partial charge in [0.05, 0.1) is 0 Å². The molecule has 0 saturated heterocycles. The van der Waals surface area contributed by atoms with Crippen molar-refractivity contribution in [2.45, 2.75) is 17.9 Å². The van der Waals surface area contributed by atoms with Crippen molar-refractivity contribution >= 4 is 12.1 Å². The first-order chi connectivity index (χ1) is 14.9. The number of carboxylic acid groups (broad SMARTS) is 1. The molecule has 0 aliphatic heterocycles. The highest BCUT2D eigenvalue weighted by molar-refractivity contribution is 5.82. The highest BCUT2D eigenvalue weighted by atomic mass is 19.3. The van der Waals surface area contributed by atoms with Crippen LogP contribution < -0.4 is 5.32 Å². The van der Waals surface area contributed by atoms with Gasteiger partial charge in [0.25, 0.3) is 0 Å². The molecule has 0 bridgehead atoms. The van der Waals surface area contributed by atoms with Gasteiger partial charge in [0.1, 0.15) is 6.61 Å². The first-order valence-electron chi connectivity index (χ1n) is 9.67. The molecule has 3 aromatic rings. The second kappa shape index (κ2) is 8.18. The van der Waals surface area contributed by atoms with Crippen LogP contribution in [0.25, 0.3) is 11.1 Å². The maximum absolute atomic E-state index is 14.7. The van der Waals surface area contributed by atoms with E-state index in [1.54, 1.807) is 0 Å². The summed E-state index contributed by atoms with van der Waals surface area (Å²) in [4.78, 5) is 23.8. The van der Waals surface area contributed by atoms with Crippen molar-refractivity contribution in [3.05, 3.63) is 95.6 Å². The molecule has 0 unspecified atom stereocenters. The van der Waals surface area contributed by atoms with E-state index in [-0.39, 0.29) is 12.5 Å². The number of aliphatic carboxylic acids is 1. The van der Waals surface area contributed by atoms with E-state index in [1.165, 1.54) is 18.2 Å². The number of alkyl halides is 2. The van der Waals surface area contributed by atoms with Crippen LogP contribution in [0, 0.1) is 0 Å². The molecule has 1 aliphatic rings. The number of hydrogen-bond donors (Lipinski definition) is 2. The average molecular weight is 423 g/mol. The maximum atomic E-state index is 14.7. The second-order valence-corrected chi connectivity index (χ2v) is 7.23. The summed E-state index contributed by atoms with van der Waals surface area (Å²) >= 11 is 0. The minimum Gasteiger partial charge on any atom is -0.480 e. The van der Waals surface area contributed by atoms with Gasteiger partial charge in [0, 0.05) is 11.5 Å². The predicted molar refractivity (Wildman–Crippen MR) is 110 cm³/mol. The Labute approximate surface area is 177 Å². The first-order valence-corrected chi connectivity index (χ1v) is 9.67. The molecule has 0 heterocycles. The molecule has 1 atom stereocenters. The van der Waals surface area contributed by atoms with Crippen molar-refractivity contribution < 1.29 is 28.2 Å². The molecule has 3 aromatic carbocycles. The molecule has 1 amide bonds. The van der Waals surface area contributed by atoms with Gasteiger partial charge in [-0.2, -0.15) is 8.78 Å². The predicted octanol–water partition coefficient (Wildman–Crippen LogP) is 4.77. The van der Waals surface area contributed by atoms with Crippen molar-refractivity contribution in [1.29, 1.82) is 0 Å². The van der Waals surface area contributed by atoms with E-state index in [0.29, 0.717) is 0 Å². The smallest absolute Gasteiger partial charge is 0.408 e. The van der Waals surface area contributed by atoms with Crippen LogP contribution >= 0.6 is 0 Å². The van der Waals surface area contributed by atoms with E-state index < -0.39 is 29.6 Å². The maximum Gasteiger partial charge on any atom is 0.408 e. The third-order valence-corrected chi connectivity index (χ3v) is 5.37. The van der Waals surface area contributed by atoms with Gasteiger partial charge in [-0.15, -0.1) is 0 Å². The van der Waals surface area contributed by atoms with Crippen molar-refractivity contribution in [1.82, 2.24) is 5.32 Å². The number of amides is 1. The summed E-state index contributed by atoms with van der Waals surface area (Å²) in [6, 6.07) is 19.4. The molecule has 0 radical (unpaired) electrons. The standard InChI is InChI=1S/C24H19F2NO4/c25-24(26,15-8-2-1-3-9-15)21(22(28)29)27-23(30)31-14-20-18-12-6-4-10-16(18)17-11-5-7-13-19(17)20/h1-13,20-21H,14H2,(H,27,30)(H,28,29)/t21-/m1/s1. The Hall–Kier alpha value is -3.74. The molecule has 0 spiro atoms. The zero-order valence-electron chi connectivity index (χ0n) is 16.3. The fourth-order valence-electron chi connectivity index (χ4n) is 3.89. The van der Waals surface area contributed by atoms with Crippen LogP contribution in [0.1, 0.15) is 22.6 Å². The average Bonchev–Trinajstić information content (AvgIpc) is 3.10. The summed E-state index contributed by atoms with van der Waals surface area (Å²) in [6.45, 7) is -0.108. The van der Waals surface area contributed by atoms with E-state index in [2.05, 4.69) is 0 Å². The summed E-state index contributed by atoms with van der Waals surface area (Å²) in [5.74, 6) is -5.95. The van der Waals surface area contributed by atoms with Gasteiger partial charge in [-0.25, -0.2) is 9.59 Å². The van der Waals surface area contributed by atoms with E-state index in [9.17, 15) is 23.5 Å². The lowest BCUT2D eigenvalue weighted by Gasteiger charge is -2.25. The Morgan fingerprint density at radius 3 is 1.97 bits per heavy atom. The summed E-state index contributed by atoms with van der Waals surface area (Å²) < 4.78 is 34.6. The number of fused-ring (bicyclic) bond motifs is 3. The molecular weight excluding hydrogens is 404 g/mol. The molecular formula is C24H19F2NO4. The Morgan fingerprint density at radius 1 is 0.903 bits per heavy atom. The Kier molecular flexibility index (Phi) is 5.42. The number of hydrogen-bond acceptors (Lipinski definition) is 3. The van der Waals surface area contributed by atoms with Gasteiger partial charge in [-0.3, -0.25) is 0 Å². The van der Waals surface area contributed by atoms with Gasteiger partial charge < -0.3 is 15.2 Å². The number of carboxylic acids is 1. The van der Waals surface area contributed by atoms with Gasteiger partial charge >= 0.3 is 18.0 Å². The lowest BCUT2D eigenvalue weighted by Crippen LogP contribution is -2.51. The quantitative estimate of drug-likeness (QED) is 0.599. The van der Waals surface area contributed by atoms with E-state index in [4.69, 9.17) is 4.74 Å². The molecule has 158 valence electrons. The number of alkyl carbamates (subject to hydrolysis) is 1. The molecule has 0 saturated carbocycles. The molecule has 4 rings (SSSR count). The third-order valence-electron chi connectivity index (χ3n) is 5.37. The largest absolute Gasteiger partial charge is 0.480 e. The zero-order chi connectivity index (χ0) is 22.0. The zero-order valence-corrected chi connectivity index (χ0v) is 16.3. The van der Waals surface area contributed by atoms with E-state index in [0.717, 1.165) is 34.4 Å². The van der Waals surface area contributed by atoms with Crippen LogP contribution in [0.2, 0.25) is 0 Å². The van der Waals surface area contributed by atoms with Crippen LogP contribution in [-0.2, 0) is 15.5 Å². The number of benzene rings is 3. The van der Waals surface area contributed by atoms with Gasteiger partial charge in [0.15, 0.2) is 6.04 Å². The van der Waals surface area contributed by atoms with E-state index in [1.807, 2.05) is 53.8 Å². The third kappa shape index (κ3) is 3.86. The second-order valence-electron chi connectivity index (χ2n) is 7.23. The summed E-state index contributed by atoms with van der Waals surface area (Å²) in [5, 5.41) is 11.1. The van der Waals surface area contributed by atoms with Gasteiger partial charge in [-0.05, 0) is 22.3 Å². The Balaban J connectivity index is 1.49. The number of halogens is 2. The highest BCUT2D eigenvalue weighted by Crippen LogP contribution is 2.44. The SMILES string of the molecule is O=C(N[C@H](C(=O)O)C(F)(F)c1ccccc1)OCC1c2ccccc2-c2ccccc21. The molecule has 7 heteroatoms. The number of rotatable bonds is 6. The lowest BCUT2D eigenvalue weighted by molar-refractivity contribution is -0.151. The van der Waals surface area contributed by atoms with Crippen molar-refractivity contribution in [3.63, 3.8) is 0 Å². The molecule has 2 N–H and O–H groups in total. The van der Waals surface area contributed by atoms with Gasteiger partial charge in [-0.1, -0.05) is 78.9 Å². The normalized spacial score (nSPS) is 13.7. The molecule has 31 heavy (non-hydrogen) atoms. The number of nitrogens with one attached hydrogen (secondary N) is 1. The van der Waals surface area contributed by atoms with Gasteiger partial charge in [0.2, 0.25) is 0 Å².